The maximum Gasteiger partial charge on any atom is 0.262 e. The highest BCUT2D eigenvalue weighted by molar-refractivity contribution is 7.90. The van der Waals surface area contributed by atoms with E-state index in [1.807, 2.05) is 13.0 Å². The van der Waals surface area contributed by atoms with Gasteiger partial charge in [-0.05, 0) is 55.5 Å². The second kappa shape index (κ2) is 11.0. The van der Waals surface area contributed by atoms with Gasteiger partial charge < -0.3 is 14.6 Å². The number of hydrogen-bond acceptors (Lipinski definition) is 7. The average molecular weight is 490 g/mol. The molecule has 0 fully saturated rings. The van der Waals surface area contributed by atoms with E-state index in [-0.39, 0.29) is 12.2 Å². The third-order valence-electron chi connectivity index (χ3n) is 5.78. The molecule has 0 saturated carbocycles. The molecule has 1 atom stereocenters. The Morgan fingerprint density at radius 2 is 1.79 bits per heavy atom. The second-order valence-electron chi connectivity index (χ2n) is 8.31. The standard InChI is InChI=1S/C25H31NO7S/c1-4-33-22-15-18(12-13-21(22)32-2)20(16-34(3,30)31)26-24(28)19-11-8-10-17(23(19)25(26)29)9-6-5-7-14-27/h8,10-13,15,20,27H,4-7,9,14,16H2,1-3H3/t20-/m1/s1. The van der Waals surface area contributed by atoms with Gasteiger partial charge in [0.25, 0.3) is 11.8 Å². The molecule has 0 aliphatic carbocycles. The van der Waals surface area contributed by atoms with Crippen LogP contribution < -0.4 is 9.47 Å². The van der Waals surface area contributed by atoms with E-state index >= 15 is 0 Å². The number of imide groups is 1. The molecular weight excluding hydrogens is 458 g/mol. The molecule has 2 aromatic rings. The molecule has 3 rings (SSSR count). The number of benzene rings is 2. The van der Waals surface area contributed by atoms with Gasteiger partial charge in [-0.25, -0.2) is 8.42 Å². The Kier molecular flexibility index (Phi) is 8.33. The smallest absolute Gasteiger partial charge is 0.262 e. The molecule has 184 valence electrons. The van der Waals surface area contributed by atoms with Crippen molar-refractivity contribution in [3.8, 4) is 11.5 Å². The zero-order chi connectivity index (χ0) is 24.9. The molecule has 0 spiro atoms. The molecule has 0 radical (unpaired) electrons. The Balaban J connectivity index is 2.03. The van der Waals surface area contributed by atoms with Crippen molar-refractivity contribution in [1.29, 1.82) is 0 Å². The molecule has 1 aliphatic rings. The predicted octanol–water partition coefficient (Wildman–Crippen LogP) is 3.18. The maximum atomic E-state index is 13.6. The first-order valence-electron chi connectivity index (χ1n) is 11.3. The van der Waals surface area contributed by atoms with Crippen LogP contribution in [0.4, 0.5) is 0 Å². The highest BCUT2D eigenvalue weighted by atomic mass is 32.2. The molecule has 2 amide bonds. The minimum Gasteiger partial charge on any atom is -0.493 e. The molecule has 34 heavy (non-hydrogen) atoms. The maximum absolute atomic E-state index is 13.6. The van der Waals surface area contributed by atoms with E-state index in [4.69, 9.17) is 14.6 Å². The van der Waals surface area contributed by atoms with Gasteiger partial charge in [-0.15, -0.1) is 0 Å². The minimum atomic E-state index is -3.56. The Labute approximate surface area is 200 Å². The van der Waals surface area contributed by atoms with E-state index < -0.39 is 33.4 Å². The number of methoxy groups -OCH3 is 1. The first-order valence-corrected chi connectivity index (χ1v) is 13.4. The lowest BCUT2D eigenvalue weighted by Gasteiger charge is -2.27. The fourth-order valence-corrected chi connectivity index (χ4v) is 5.16. The quantitative estimate of drug-likeness (QED) is 0.360. The summed E-state index contributed by atoms with van der Waals surface area (Å²) in [6, 6.07) is 9.05. The Bertz CT molecular complexity index is 1160. The number of amides is 2. The summed E-state index contributed by atoms with van der Waals surface area (Å²) in [5.41, 5.74) is 1.82. The van der Waals surface area contributed by atoms with Crippen molar-refractivity contribution in [3.63, 3.8) is 0 Å². The summed E-state index contributed by atoms with van der Waals surface area (Å²) in [5.74, 6) is -0.555. The van der Waals surface area contributed by atoms with Crippen LogP contribution in [-0.2, 0) is 16.3 Å². The van der Waals surface area contributed by atoms with Gasteiger partial charge in [0.1, 0.15) is 9.84 Å². The summed E-state index contributed by atoms with van der Waals surface area (Å²) in [6.07, 6.45) is 3.90. The van der Waals surface area contributed by atoms with Crippen LogP contribution in [0, 0.1) is 0 Å². The largest absolute Gasteiger partial charge is 0.493 e. The molecule has 8 nitrogen and oxygen atoms in total. The van der Waals surface area contributed by atoms with E-state index in [9.17, 15) is 18.0 Å². The first-order chi connectivity index (χ1) is 16.2. The zero-order valence-electron chi connectivity index (χ0n) is 19.7. The minimum absolute atomic E-state index is 0.108. The van der Waals surface area contributed by atoms with Gasteiger partial charge in [0, 0.05) is 12.9 Å². The van der Waals surface area contributed by atoms with Crippen LogP contribution in [0.2, 0.25) is 0 Å². The summed E-state index contributed by atoms with van der Waals surface area (Å²) >= 11 is 0. The van der Waals surface area contributed by atoms with E-state index in [1.54, 1.807) is 30.3 Å². The Morgan fingerprint density at radius 1 is 1.03 bits per heavy atom. The van der Waals surface area contributed by atoms with Gasteiger partial charge in [-0.2, -0.15) is 0 Å². The van der Waals surface area contributed by atoms with Gasteiger partial charge in [-0.3, -0.25) is 14.5 Å². The molecule has 0 aromatic heterocycles. The first kappa shape index (κ1) is 25.7. The number of aliphatic hydroxyl groups excluding tert-OH is 1. The average Bonchev–Trinajstić information content (AvgIpc) is 3.05. The highest BCUT2D eigenvalue weighted by Crippen LogP contribution is 2.37. The fraction of sp³-hybridized carbons (Fsp3) is 0.440. The number of aryl methyl sites for hydroxylation is 1. The van der Waals surface area contributed by atoms with Crippen LogP contribution in [-0.4, -0.2) is 62.6 Å². The van der Waals surface area contributed by atoms with Crippen molar-refractivity contribution in [2.45, 2.75) is 38.6 Å². The van der Waals surface area contributed by atoms with Crippen molar-refractivity contribution in [1.82, 2.24) is 4.90 Å². The molecule has 1 aliphatic heterocycles. The summed E-state index contributed by atoms with van der Waals surface area (Å²) < 4.78 is 35.6. The topological polar surface area (TPSA) is 110 Å². The van der Waals surface area contributed by atoms with Crippen LogP contribution in [0.5, 0.6) is 11.5 Å². The highest BCUT2D eigenvalue weighted by Gasteiger charge is 2.43. The lowest BCUT2D eigenvalue weighted by atomic mass is 9.98. The van der Waals surface area contributed by atoms with Crippen LogP contribution in [0.15, 0.2) is 36.4 Å². The van der Waals surface area contributed by atoms with Crippen molar-refractivity contribution < 1.29 is 32.6 Å². The van der Waals surface area contributed by atoms with Crippen molar-refractivity contribution >= 4 is 21.7 Å². The summed E-state index contributed by atoms with van der Waals surface area (Å²) in [6.45, 7) is 2.28. The zero-order valence-corrected chi connectivity index (χ0v) is 20.6. The third kappa shape index (κ3) is 5.59. The molecule has 2 aromatic carbocycles. The predicted molar refractivity (Wildman–Crippen MR) is 128 cm³/mol. The van der Waals surface area contributed by atoms with Gasteiger partial charge >= 0.3 is 0 Å². The van der Waals surface area contributed by atoms with Crippen LogP contribution in [0.1, 0.15) is 64.1 Å². The van der Waals surface area contributed by atoms with E-state index in [0.29, 0.717) is 42.1 Å². The lowest BCUT2D eigenvalue weighted by Crippen LogP contribution is -2.37. The van der Waals surface area contributed by atoms with Crippen LogP contribution in [0.3, 0.4) is 0 Å². The Morgan fingerprint density at radius 3 is 2.44 bits per heavy atom. The number of sulfone groups is 1. The molecule has 1 N–H and O–H groups in total. The van der Waals surface area contributed by atoms with Gasteiger partial charge in [0.05, 0.1) is 36.6 Å². The molecular formula is C25H31NO7S. The molecule has 0 saturated heterocycles. The number of aliphatic hydroxyl groups is 1. The second-order valence-corrected chi connectivity index (χ2v) is 10.5. The molecule has 9 heteroatoms. The van der Waals surface area contributed by atoms with Crippen molar-refractivity contribution in [2.75, 3.05) is 32.3 Å². The number of ether oxygens (including phenoxy) is 2. The number of nitrogens with zero attached hydrogens (tertiary/aromatic N) is 1. The van der Waals surface area contributed by atoms with E-state index in [2.05, 4.69) is 0 Å². The van der Waals surface area contributed by atoms with Gasteiger partial charge in [0.2, 0.25) is 0 Å². The SMILES string of the molecule is CCOc1cc([C@@H](CS(C)(=O)=O)N2C(=O)c3cccc(CCCCCO)c3C2=O)ccc1OC. The van der Waals surface area contributed by atoms with Gasteiger partial charge in [-0.1, -0.05) is 24.6 Å². The third-order valence-corrected chi connectivity index (χ3v) is 6.70. The molecule has 1 heterocycles. The monoisotopic (exact) mass is 489 g/mol. The molecule has 0 bridgehead atoms. The van der Waals surface area contributed by atoms with E-state index in [1.165, 1.54) is 7.11 Å². The summed E-state index contributed by atoms with van der Waals surface area (Å²) in [4.78, 5) is 28.0. The number of carbonyl (C=O) groups excluding carboxylic acids is 2. The van der Waals surface area contributed by atoms with Crippen molar-refractivity contribution in [2.24, 2.45) is 0 Å². The lowest BCUT2D eigenvalue weighted by molar-refractivity contribution is 0.0597. The Hall–Kier alpha value is -2.91. The molecule has 0 unspecified atom stereocenters. The van der Waals surface area contributed by atoms with Gasteiger partial charge in [0.15, 0.2) is 11.5 Å². The number of rotatable bonds is 12. The number of carbonyl (C=O) groups is 2. The normalized spacial score (nSPS) is 14.3. The number of unbranched alkanes of at least 4 members (excludes halogenated alkanes) is 2. The van der Waals surface area contributed by atoms with Crippen molar-refractivity contribution in [3.05, 3.63) is 58.7 Å². The van der Waals surface area contributed by atoms with E-state index in [0.717, 1.165) is 29.6 Å². The summed E-state index contributed by atoms with van der Waals surface area (Å²) in [7, 11) is -2.06. The number of hydrogen-bond donors (Lipinski definition) is 1. The summed E-state index contributed by atoms with van der Waals surface area (Å²) in [5, 5.41) is 9.01. The fourth-order valence-electron chi connectivity index (χ4n) is 4.24. The van der Waals surface area contributed by atoms with Crippen LogP contribution >= 0.6 is 0 Å². The van der Waals surface area contributed by atoms with Crippen LogP contribution in [0.25, 0.3) is 0 Å². The number of fused-ring (bicyclic) bond motifs is 1.